The van der Waals surface area contributed by atoms with Gasteiger partial charge in [-0.05, 0) is 42.3 Å². The number of hydrogen-bond donors (Lipinski definition) is 0. The van der Waals surface area contributed by atoms with Gasteiger partial charge in [0, 0.05) is 22.8 Å². The Balaban J connectivity index is 2.16. The number of nitrogens with zero attached hydrogens (tertiary/aromatic N) is 1. The summed E-state index contributed by atoms with van der Waals surface area (Å²) in [6.07, 6.45) is 2.39. The van der Waals surface area contributed by atoms with Crippen molar-refractivity contribution in [2.75, 3.05) is 0 Å². The lowest BCUT2D eigenvalue weighted by Crippen LogP contribution is -1.99. The van der Waals surface area contributed by atoms with E-state index in [-0.39, 0.29) is 11.2 Å². The van der Waals surface area contributed by atoms with E-state index in [0.29, 0.717) is 10.9 Å². The molecule has 1 aromatic heterocycles. The number of alkyl halides is 1. The lowest BCUT2D eigenvalue weighted by atomic mass is 10.1. The molecule has 0 bridgehead atoms. The SMILES string of the molecule is Cc1ccc(CC(Cl)c2cc(F)cc(Br)c2)nc1. The molecule has 0 aliphatic rings. The van der Waals surface area contributed by atoms with Crippen molar-refractivity contribution in [2.45, 2.75) is 18.7 Å². The second-order valence-electron chi connectivity index (χ2n) is 4.20. The van der Waals surface area contributed by atoms with E-state index in [4.69, 9.17) is 11.6 Å². The molecule has 2 aromatic rings. The zero-order valence-corrected chi connectivity index (χ0v) is 12.2. The van der Waals surface area contributed by atoms with Gasteiger partial charge in [0.05, 0.1) is 5.38 Å². The summed E-state index contributed by atoms with van der Waals surface area (Å²) in [5.41, 5.74) is 2.77. The molecular formula is C14H12BrClFN. The second-order valence-corrected chi connectivity index (χ2v) is 5.64. The summed E-state index contributed by atoms with van der Waals surface area (Å²) in [5.74, 6) is -0.290. The molecule has 0 fully saturated rings. The molecule has 0 aliphatic carbocycles. The summed E-state index contributed by atoms with van der Waals surface area (Å²) in [7, 11) is 0. The Hall–Kier alpha value is -0.930. The number of halogens is 3. The average Bonchev–Trinajstić information content (AvgIpc) is 2.31. The van der Waals surface area contributed by atoms with Crippen molar-refractivity contribution in [3.63, 3.8) is 0 Å². The highest BCUT2D eigenvalue weighted by Crippen LogP contribution is 2.27. The van der Waals surface area contributed by atoms with Gasteiger partial charge < -0.3 is 0 Å². The summed E-state index contributed by atoms with van der Waals surface area (Å²) in [6, 6.07) is 8.63. The molecule has 0 saturated carbocycles. The molecule has 1 aromatic carbocycles. The number of aromatic nitrogens is 1. The second kappa shape index (κ2) is 5.81. The first-order valence-corrected chi connectivity index (χ1v) is 6.79. The van der Waals surface area contributed by atoms with Crippen LogP contribution in [0.25, 0.3) is 0 Å². The Morgan fingerprint density at radius 2 is 2.11 bits per heavy atom. The van der Waals surface area contributed by atoms with E-state index >= 15 is 0 Å². The Bertz CT molecular complexity index is 522. The normalized spacial score (nSPS) is 12.4. The highest BCUT2D eigenvalue weighted by Gasteiger charge is 2.11. The highest BCUT2D eigenvalue weighted by molar-refractivity contribution is 9.10. The molecule has 94 valence electrons. The lowest BCUT2D eigenvalue weighted by Gasteiger charge is -2.10. The van der Waals surface area contributed by atoms with Crippen molar-refractivity contribution in [2.24, 2.45) is 0 Å². The third kappa shape index (κ3) is 3.53. The van der Waals surface area contributed by atoms with Crippen molar-refractivity contribution in [3.8, 4) is 0 Å². The predicted octanol–water partition coefficient (Wildman–Crippen LogP) is 4.81. The number of hydrogen-bond acceptors (Lipinski definition) is 1. The molecule has 0 amide bonds. The van der Waals surface area contributed by atoms with Gasteiger partial charge >= 0.3 is 0 Å². The van der Waals surface area contributed by atoms with E-state index in [1.807, 2.05) is 25.1 Å². The molecule has 4 heteroatoms. The minimum absolute atomic E-state index is 0.285. The molecule has 0 radical (unpaired) electrons. The van der Waals surface area contributed by atoms with E-state index in [9.17, 15) is 4.39 Å². The summed E-state index contributed by atoms with van der Waals surface area (Å²) in [5, 5.41) is -0.285. The molecule has 0 spiro atoms. The number of rotatable bonds is 3. The fourth-order valence-electron chi connectivity index (χ4n) is 1.68. The van der Waals surface area contributed by atoms with Gasteiger partial charge in [0.25, 0.3) is 0 Å². The molecule has 0 saturated heterocycles. The van der Waals surface area contributed by atoms with Gasteiger partial charge in [-0.3, -0.25) is 4.98 Å². The lowest BCUT2D eigenvalue weighted by molar-refractivity contribution is 0.623. The van der Waals surface area contributed by atoms with Crippen LogP contribution in [-0.4, -0.2) is 4.98 Å². The van der Waals surface area contributed by atoms with Gasteiger partial charge in [0.2, 0.25) is 0 Å². The van der Waals surface area contributed by atoms with Crippen LogP contribution < -0.4 is 0 Å². The van der Waals surface area contributed by atoms with Gasteiger partial charge in [-0.2, -0.15) is 0 Å². The fourth-order valence-corrected chi connectivity index (χ4v) is 2.44. The van der Waals surface area contributed by atoms with Crippen LogP contribution in [0.4, 0.5) is 4.39 Å². The van der Waals surface area contributed by atoms with E-state index < -0.39 is 0 Å². The number of aryl methyl sites for hydroxylation is 1. The minimum Gasteiger partial charge on any atom is -0.261 e. The molecule has 0 aliphatic heterocycles. The van der Waals surface area contributed by atoms with Gasteiger partial charge in [0.1, 0.15) is 5.82 Å². The highest BCUT2D eigenvalue weighted by atomic mass is 79.9. The summed E-state index contributed by atoms with van der Waals surface area (Å²) in [6.45, 7) is 1.98. The van der Waals surface area contributed by atoms with Crippen molar-refractivity contribution in [1.29, 1.82) is 0 Å². The smallest absolute Gasteiger partial charge is 0.124 e. The maximum absolute atomic E-state index is 13.3. The maximum atomic E-state index is 13.3. The molecule has 2 rings (SSSR count). The van der Waals surface area contributed by atoms with Crippen molar-refractivity contribution in [3.05, 3.63) is 63.6 Å². The van der Waals surface area contributed by atoms with E-state index in [0.717, 1.165) is 16.8 Å². The van der Waals surface area contributed by atoms with Crippen molar-refractivity contribution < 1.29 is 4.39 Å². The molecule has 1 atom stereocenters. The van der Waals surface area contributed by atoms with Crippen LogP contribution in [-0.2, 0) is 6.42 Å². The van der Waals surface area contributed by atoms with Gasteiger partial charge in [0.15, 0.2) is 0 Å². The Morgan fingerprint density at radius 1 is 1.33 bits per heavy atom. The predicted molar refractivity (Wildman–Crippen MR) is 75.4 cm³/mol. The van der Waals surface area contributed by atoms with Crippen molar-refractivity contribution >= 4 is 27.5 Å². The topological polar surface area (TPSA) is 12.9 Å². The zero-order valence-electron chi connectivity index (χ0n) is 9.83. The molecule has 1 unspecified atom stereocenters. The molecule has 0 N–H and O–H groups in total. The van der Waals surface area contributed by atoms with E-state index in [1.165, 1.54) is 12.1 Å². The third-order valence-corrected chi connectivity index (χ3v) is 3.47. The largest absolute Gasteiger partial charge is 0.261 e. The van der Waals surface area contributed by atoms with E-state index in [2.05, 4.69) is 20.9 Å². The molecule has 18 heavy (non-hydrogen) atoms. The minimum atomic E-state index is -0.290. The van der Waals surface area contributed by atoms with Gasteiger partial charge in [-0.1, -0.05) is 22.0 Å². The average molecular weight is 329 g/mol. The Labute approximate surface area is 119 Å². The fraction of sp³-hybridized carbons (Fsp3) is 0.214. The van der Waals surface area contributed by atoms with Crippen LogP contribution in [0.5, 0.6) is 0 Å². The van der Waals surface area contributed by atoms with Gasteiger partial charge in [-0.15, -0.1) is 11.6 Å². The van der Waals surface area contributed by atoms with Crippen LogP contribution in [0, 0.1) is 12.7 Å². The van der Waals surface area contributed by atoms with Gasteiger partial charge in [-0.25, -0.2) is 4.39 Å². The summed E-state index contributed by atoms with van der Waals surface area (Å²) >= 11 is 9.56. The molecule has 1 heterocycles. The Morgan fingerprint density at radius 3 is 2.72 bits per heavy atom. The first-order valence-electron chi connectivity index (χ1n) is 5.56. The van der Waals surface area contributed by atoms with Crippen LogP contribution in [0.3, 0.4) is 0 Å². The van der Waals surface area contributed by atoms with Crippen LogP contribution >= 0.6 is 27.5 Å². The number of pyridine rings is 1. The van der Waals surface area contributed by atoms with Crippen LogP contribution in [0.15, 0.2) is 41.0 Å². The maximum Gasteiger partial charge on any atom is 0.124 e. The van der Waals surface area contributed by atoms with Crippen LogP contribution in [0.2, 0.25) is 0 Å². The summed E-state index contributed by atoms with van der Waals surface area (Å²) < 4.78 is 14.0. The standard InChI is InChI=1S/C14H12BrClFN/c1-9-2-3-13(18-8-9)7-14(16)10-4-11(15)6-12(17)5-10/h2-6,8,14H,7H2,1H3. The van der Waals surface area contributed by atoms with Crippen molar-refractivity contribution in [1.82, 2.24) is 4.98 Å². The van der Waals surface area contributed by atoms with Crippen LogP contribution in [0.1, 0.15) is 22.2 Å². The molecule has 1 nitrogen and oxygen atoms in total. The first kappa shape index (κ1) is 13.5. The zero-order chi connectivity index (χ0) is 13.1. The Kier molecular flexibility index (Phi) is 4.36. The summed E-state index contributed by atoms with van der Waals surface area (Å²) in [4.78, 5) is 4.30. The first-order chi connectivity index (χ1) is 8.54. The monoisotopic (exact) mass is 327 g/mol. The van der Waals surface area contributed by atoms with E-state index in [1.54, 1.807) is 6.20 Å². The third-order valence-electron chi connectivity index (χ3n) is 2.61. The number of benzene rings is 1. The quantitative estimate of drug-likeness (QED) is 0.737. The molecular weight excluding hydrogens is 317 g/mol.